The zero-order valence-corrected chi connectivity index (χ0v) is 14.7. The largest absolute Gasteiger partial charge is 0.497 e. The van der Waals surface area contributed by atoms with Crippen LogP contribution in [0.3, 0.4) is 0 Å². The van der Waals surface area contributed by atoms with E-state index in [0.29, 0.717) is 11.8 Å². The number of aromatic nitrogens is 1. The van der Waals surface area contributed by atoms with Crippen LogP contribution in [0.15, 0.2) is 24.3 Å². The molecule has 1 fully saturated rings. The van der Waals surface area contributed by atoms with Gasteiger partial charge in [0.15, 0.2) is 0 Å². The Morgan fingerprint density at radius 3 is 2.96 bits per heavy atom. The van der Waals surface area contributed by atoms with E-state index in [-0.39, 0.29) is 5.91 Å². The standard InChI is InChI=1S/C19H26N2O3/c1-20(10-4-6-15-7-5-11-24-15)19(22)18-13-14-12-16(23-3)8-9-17(14)21(18)2/h8-9,12-13,15H,4-7,10-11H2,1-3H3. The Morgan fingerprint density at radius 1 is 1.42 bits per heavy atom. The Balaban J connectivity index is 1.66. The summed E-state index contributed by atoms with van der Waals surface area (Å²) in [5, 5.41) is 1.02. The number of fused-ring (bicyclic) bond motifs is 1. The summed E-state index contributed by atoms with van der Waals surface area (Å²) < 4.78 is 12.9. The molecule has 130 valence electrons. The van der Waals surface area contributed by atoms with Gasteiger partial charge in [-0.25, -0.2) is 0 Å². The lowest BCUT2D eigenvalue weighted by Gasteiger charge is -2.18. The first-order valence-electron chi connectivity index (χ1n) is 8.60. The molecule has 0 saturated carbocycles. The van der Waals surface area contributed by atoms with Gasteiger partial charge in [0.2, 0.25) is 0 Å². The fourth-order valence-corrected chi connectivity index (χ4v) is 3.38. The summed E-state index contributed by atoms with van der Waals surface area (Å²) in [6.07, 6.45) is 4.72. The number of nitrogens with zero attached hydrogens (tertiary/aromatic N) is 2. The highest BCUT2D eigenvalue weighted by Crippen LogP contribution is 2.24. The van der Waals surface area contributed by atoms with Crippen molar-refractivity contribution in [3.8, 4) is 5.75 Å². The highest BCUT2D eigenvalue weighted by atomic mass is 16.5. The zero-order valence-electron chi connectivity index (χ0n) is 14.7. The Kier molecular flexibility index (Phi) is 5.09. The maximum Gasteiger partial charge on any atom is 0.270 e. The van der Waals surface area contributed by atoms with Crippen LogP contribution in [0.5, 0.6) is 5.75 Å². The van der Waals surface area contributed by atoms with Crippen molar-refractivity contribution in [3.63, 3.8) is 0 Å². The van der Waals surface area contributed by atoms with Gasteiger partial charge in [0, 0.05) is 38.1 Å². The van der Waals surface area contributed by atoms with E-state index in [1.54, 1.807) is 12.0 Å². The Labute approximate surface area is 143 Å². The number of hydrogen-bond donors (Lipinski definition) is 0. The number of amides is 1. The van der Waals surface area contributed by atoms with Crippen LogP contribution in [0.1, 0.15) is 36.2 Å². The van der Waals surface area contributed by atoms with Gasteiger partial charge in [-0.2, -0.15) is 0 Å². The summed E-state index contributed by atoms with van der Waals surface area (Å²) in [7, 11) is 5.45. The van der Waals surface area contributed by atoms with E-state index in [9.17, 15) is 4.79 Å². The summed E-state index contributed by atoms with van der Waals surface area (Å²) >= 11 is 0. The summed E-state index contributed by atoms with van der Waals surface area (Å²) in [5.41, 5.74) is 1.74. The first-order chi connectivity index (χ1) is 11.6. The van der Waals surface area contributed by atoms with Crippen molar-refractivity contribution in [1.29, 1.82) is 0 Å². The maximum absolute atomic E-state index is 12.8. The van der Waals surface area contributed by atoms with Gasteiger partial charge < -0.3 is 18.9 Å². The minimum Gasteiger partial charge on any atom is -0.497 e. The molecule has 0 aliphatic carbocycles. The second kappa shape index (κ2) is 7.26. The SMILES string of the molecule is COc1ccc2c(c1)cc(C(=O)N(C)CCCC1CCCO1)n2C. The quantitative estimate of drug-likeness (QED) is 0.817. The molecule has 1 aliphatic rings. The van der Waals surface area contributed by atoms with E-state index in [2.05, 4.69) is 0 Å². The lowest BCUT2D eigenvalue weighted by atomic mass is 10.1. The van der Waals surface area contributed by atoms with Crippen LogP contribution in [0.25, 0.3) is 10.9 Å². The fraction of sp³-hybridized carbons (Fsp3) is 0.526. The molecule has 1 aromatic heterocycles. The lowest BCUT2D eigenvalue weighted by molar-refractivity contribution is 0.0755. The minimum absolute atomic E-state index is 0.0556. The van der Waals surface area contributed by atoms with Crippen LogP contribution in [0.2, 0.25) is 0 Å². The van der Waals surface area contributed by atoms with Crippen LogP contribution in [-0.4, -0.2) is 48.8 Å². The molecule has 2 heterocycles. The first-order valence-corrected chi connectivity index (χ1v) is 8.60. The molecule has 1 amide bonds. The third kappa shape index (κ3) is 3.41. The fourth-order valence-electron chi connectivity index (χ4n) is 3.38. The number of aryl methyl sites for hydroxylation is 1. The molecule has 0 spiro atoms. The maximum atomic E-state index is 12.8. The molecule has 1 aliphatic heterocycles. The van der Waals surface area contributed by atoms with Crippen LogP contribution < -0.4 is 4.74 Å². The lowest BCUT2D eigenvalue weighted by Crippen LogP contribution is -2.29. The molecule has 0 radical (unpaired) electrons. The van der Waals surface area contributed by atoms with Gasteiger partial charge in [-0.3, -0.25) is 4.79 Å². The number of hydrogen-bond acceptors (Lipinski definition) is 3. The molecule has 3 rings (SSSR count). The highest BCUT2D eigenvalue weighted by Gasteiger charge is 2.19. The summed E-state index contributed by atoms with van der Waals surface area (Å²) in [4.78, 5) is 14.6. The van der Waals surface area contributed by atoms with Crippen molar-refractivity contribution < 1.29 is 14.3 Å². The van der Waals surface area contributed by atoms with E-state index < -0.39 is 0 Å². The topological polar surface area (TPSA) is 43.7 Å². The van der Waals surface area contributed by atoms with Crippen LogP contribution in [0.4, 0.5) is 0 Å². The minimum atomic E-state index is 0.0556. The van der Waals surface area contributed by atoms with E-state index in [0.717, 1.165) is 49.1 Å². The average Bonchev–Trinajstić information content (AvgIpc) is 3.22. The number of benzene rings is 1. The predicted molar refractivity (Wildman–Crippen MR) is 94.6 cm³/mol. The van der Waals surface area contributed by atoms with Gasteiger partial charge >= 0.3 is 0 Å². The van der Waals surface area contributed by atoms with Crippen molar-refractivity contribution in [1.82, 2.24) is 9.47 Å². The Hall–Kier alpha value is -2.01. The smallest absolute Gasteiger partial charge is 0.270 e. The number of carbonyl (C=O) groups excluding carboxylic acids is 1. The Morgan fingerprint density at radius 2 is 2.25 bits per heavy atom. The molecule has 24 heavy (non-hydrogen) atoms. The highest BCUT2D eigenvalue weighted by molar-refractivity contribution is 5.98. The van der Waals surface area contributed by atoms with Crippen molar-refractivity contribution in [3.05, 3.63) is 30.0 Å². The van der Waals surface area contributed by atoms with E-state index in [1.165, 1.54) is 6.42 Å². The van der Waals surface area contributed by atoms with Crippen molar-refractivity contribution in [2.75, 3.05) is 27.3 Å². The number of rotatable bonds is 6. The molecule has 0 bridgehead atoms. The van der Waals surface area contributed by atoms with Gasteiger partial charge in [0.25, 0.3) is 5.91 Å². The van der Waals surface area contributed by atoms with Crippen molar-refractivity contribution >= 4 is 16.8 Å². The van der Waals surface area contributed by atoms with Crippen molar-refractivity contribution in [2.24, 2.45) is 7.05 Å². The monoisotopic (exact) mass is 330 g/mol. The average molecular weight is 330 g/mol. The molecule has 1 aromatic carbocycles. The van der Waals surface area contributed by atoms with E-state index in [4.69, 9.17) is 9.47 Å². The zero-order chi connectivity index (χ0) is 17.1. The van der Waals surface area contributed by atoms with Crippen LogP contribution in [0, 0.1) is 0 Å². The molecular weight excluding hydrogens is 304 g/mol. The molecule has 1 saturated heterocycles. The van der Waals surface area contributed by atoms with Gasteiger partial charge in [-0.05, 0) is 49.9 Å². The first kappa shape index (κ1) is 16.8. The van der Waals surface area contributed by atoms with Crippen LogP contribution in [-0.2, 0) is 11.8 Å². The van der Waals surface area contributed by atoms with Gasteiger partial charge in [0.05, 0.1) is 13.2 Å². The third-order valence-corrected chi connectivity index (χ3v) is 4.86. The molecule has 2 aromatic rings. The molecule has 1 atom stereocenters. The molecule has 5 nitrogen and oxygen atoms in total. The van der Waals surface area contributed by atoms with Gasteiger partial charge in [-0.1, -0.05) is 0 Å². The molecule has 1 unspecified atom stereocenters. The molecule has 0 N–H and O–H groups in total. The number of ether oxygens (including phenoxy) is 2. The van der Waals surface area contributed by atoms with Crippen molar-refractivity contribution in [2.45, 2.75) is 31.8 Å². The summed E-state index contributed by atoms with van der Waals surface area (Å²) in [5.74, 6) is 0.858. The predicted octanol–water partition coefficient (Wildman–Crippen LogP) is 3.22. The van der Waals surface area contributed by atoms with E-state index >= 15 is 0 Å². The van der Waals surface area contributed by atoms with Crippen LogP contribution >= 0.6 is 0 Å². The van der Waals surface area contributed by atoms with E-state index in [1.807, 2.05) is 42.9 Å². The second-order valence-corrected chi connectivity index (χ2v) is 6.52. The second-order valence-electron chi connectivity index (χ2n) is 6.52. The Bertz CT molecular complexity index is 717. The van der Waals surface area contributed by atoms with Gasteiger partial charge in [0.1, 0.15) is 11.4 Å². The summed E-state index contributed by atoms with van der Waals surface area (Å²) in [6, 6.07) is 7.81. The summed E-state index contributed by atoms with van der Waals surface area (Å²) in [6.45, 7) is 1.64. The third-order valence-electron chi connectivity index (χ3n) is 4.86. The number of carbonyl (C=O) groups is 1. The molecular formula is C19H26N2O3. The molecule has 5 heteroatoms. The number of methoxy groups -OCH3 is 1. The van der Waals surface area contributed by atoms with Gasteiger partial charge in [-0.15, -0.1) is 0 Å². The normalized spacial score (nSPS) is 17.4.